The van der Waals surface area contributed by atoms with E-state index < -0.39 is 0 Å². The Morgan fingerprint density at radius 1 is 1.32 bits per heavy atom. The van der Waals surface area contributed by atoms with Crippen molar-refractivity contribution in [3.8, 4) is 0 Å². The van der Waals surface area contributed by atoms with Crippen LogP contribution < -0.4 is 4.90 Å². The third-order valence-electron chi connectivity index (χ3n) is 4.03. The summed E-state index contributed by atoms with van der Waals surface area (Å²) in [7, 11) is 0. The Morgan fingerprint density at radius 2 is 2.16 bits per heavy atom. The van der Waals surface area contributed by atoms with Gasteiger partial charge in [-0.25, -0.2) is 4.98 Å². The normalized spacial score (nSPS) is 14.4. The highest BCUT2D eigenvalue weighted by Crippen LogP contribution is 2.30. The van der Waals surface area contributed by atoms with E-state index in [4.69, 9.17) is 4.42 Å². The molecule has 0 spiro atoms. The Bertz CT molecular complexity index is 918. The van der Waals surface area contributed by atoms with Crippen LogP contribution in [0.4, 0.5) is 5.13 Å². The largest absolute Gasteiger partial charge is 0.444 e. The molecule has 2 aromatic heterocycles. The number of carbonyl (C=O) groups is 2. The summed E-state index contributed by atoms with van der Waals surface area (Å²) in [5, 5.41) is 0.554. The molecule has 25 heavy (non-hydrogen) atoms. The summed E-state index contributed by atoms with van der Waals surface area (Å²) >= 11 is 4.64. The van der Waals surface area contributed by atoms with Gasteiger partial charge in [-0.3, -0.25) is 14.5 Å². The topological polar surface area (TPSA) is 66.7 Å². The van der Waals surface area contributed by atoms with Crippen molar-refractivity contribution in [1.82, 2.24) is 9.88 Å². The average Bonchev–Trinajstić information content (AvgIpc) is 3.31. The lowest BCUT2D eigenvalue weighted by Gasteiger charge is -2.25. The summed E-state index contributed by atoms with van der Waals surface area (Å²) in [5.74, 6) is -0.0539. The molecule has 0 atom stereocenters. The second-order valence-corrected chi connectivity index (χ2v) is 7.49. The summed E-state index contributed by atoms with van der Waals surface area (Å²) in [6, 6.07) is 11.0. The summed E-state index contributed by atoms with van der Waals surface area (Å²) in [6.45, 7) is 0.825. The molecule has 1 fully saturated rings. The minimum atomic E-state index is -0.315. The standard InChI is InChI=1S/C17H14BrN3O3S/c18-14-8-7-12(24-14)16(23)21(10-20-9-3-6-15(20)22)17-19-11-4-1-2-5-13(11)25-17/h1-2,4-5,7-8H,3,6,9-10H2. The number of amides is 2. The van der Waals surface area contributed by atoms with E-state index in [2.05, 4.69) is 20.9 Å². The third-order valence-corrected chi connectivity index (χ3v) is 5.51. The van der Waals surface area contributed by atoms with Crippen molar-refractivity contribution in [3.05, 3.63) is 46.8 Å². The van der Waals surface area contributed by atoms with Gasteiger partial charge in [0, 0.05) is 13.0 Å². The number of likely N-dealkylation sites (tertiary alicyclic amines) is 1. The van der Waals surface area contributed by atoms with Crippen molar-refractivity contribution in [1.29, 1.82) is 0 Å². The van der Waals surface area contributed by atoms with Crippen LogP contribution in [0.1, 0.15) is 23.4 Å². The molecule has 0 bridgehead atoms. The van der Waals surface area contributed by atoms with Crippen molar-refractivity contribution in [2.75, 3.05) is 18.1 Å². The first-order valence-electron chi connectivity index (χ1n) is 7.82. The van der Waals surface area contributed by atoms with Crippen LogP contribution in [0.3, 0.4) is 0 Å². The molecule has 0 saturated carbocycles. The summed E-state index contributed by atoms with van der Waals surface area (Å²) < 4.78 is 6.89. The lowest BCUT2D eigenvalue weighted by molar-refractivity contribution is -0.127. The quantitative estimate of drug-likeness (QED) is 0.643. The number of para-hydroxylation sites is 1. The number of rotatable bonds is 4. The average molecular weight is 420 g/mol. The molecule has 0 aliphatic carbocycles. The van der Waals surface area contributed by atoms with E-state index in [1.54, 1.807) is 17.0 Å². The van der Waals surface area contributed by atoms with Crippen LogP contribution >= 0.6 is 27.3 Å². The molecule has 1 aliphatic rings. The van der Waals surface area contributed by atoms with E-state index in [0.29, 0.717) is 22.8 Å². The molecule has 1 aliphatic heterocycles. The zero-order chi connectivity index (χ0) is 17.4. The van der Waals surface area contributed by atoms with Crippen LogP contribution in [0.5, 0.6) is 0 Å². The van der Waals surface area contributed by atoms with Gasteiger partial charge in [-0.05, 0) is 46.6 Å². The highest BCUT2D eigenvalue weighted by molar-refractivity contribution is 9.10. The summed E-state index contributed by atoms with van der Waals surface area (Å²) in [6.07, 6.45) is 1.33. The van der Waals surface area contributed by atoms with Gasteiger partial charge in [0.25, 0.3) is 5.91 Å². The van der Waals surface area contributed by atoms with Gasteiger partial charge in [0.15, 0.2) is 15.6 Å². The van der Waals surface area contributed by atoms with Crippen molar-refractivity contribution < 1.29 is 14.0 Å². The molecule has 4 rings (SSSR count). The van der Waals surface area contributed by atoms with Gasteiger partial charge < -0.3 is 9.32 Å². The van der Waals surface area contributed by atoms with Gasteiger partial charge in [0.1, 0.15) is 6.67 Å². The molecule has 0 radical (unpaired) electrons. The van der Waals surface area contributed by atoms with Crippen molar-refractivity contribution in [2.45, 2.75) is 12.8 Å². The fourth-order valence-corrected chi connectivity index (χ4v) is 4.04. The Kier molecular flexibility index (Phi) is 4.30. The fraction of sp³-hybridized carbons (Fsp3) is 0.235. The number of aromatic nitrogens is 1. The molecule has 2 amide bonds. The fourth-order valence-electron chi connectivity index (χ4n) is 2.77. The zero-order valence-corrected chi connectivity index (χ0v) is 15.5. The van der Waals surface area contributed by atoms with Crippen LogP contribution in [0.25, 0.3) is 10.2 Å². The highest BCUT2D eigenvalue weighted by Gasteiger charge is 2.29. The lowest BCUT2D eigenvalue weighted by atomic mass is 10.3. The number of hydrogen-bond acceptors (Lipinski definition) is 5. The van der Waals surface area contributed by atoms with Gasteiger partial charge >= 0.3 is 0 Å². The molecule has 3 heterocycles. The van der Waals surface area contributed by atoms with Crippen LogP contribution in [0.2, 0.25) is 0 Å². The second kappa shape index (κ2) is 6.61. The predicted molar refractivity (Wildman–Crippen MR) is 98.7 cm³/mol. The Hall–Kier alpha value is -2.19. The van der Waals surface area contributed by atoms with E-state index in [0.717, 1.165) is 16.6 Å². The maximum absolute atomic E-state index is 13.0. The van der Waals surface area contributed by atoms with Gasteiger partial charge in [-0.1, -0.05) is 23.5 Å². The molecule has 0 N–H and O–H groups in total. The van der Waals surface area contributed by atoms with Gasteiger partial charge in [0.05, 0.1) is 10.2 Å². The lowest BCUT2D eigenvalue weighted by Crippen LogP contribution is -2.42. The van der Waals surface area contributed by atoms with Crippen LogP contribution in [-0.2, 0) is 4.79 Å². The number of fused-ring (bicyclic) bond motifs is 1. The molecule has 1 saturated heterocycles. The number of halogens is 1. The maximum Gasteiger partial charge on any atom is 0.297 e. The molecule has 0 unspecified atom stereocenters. The SMILES string of the molecule is O=C1CCCN1CN(C(=O)c1ccc(Br)o1)c1nc2ccccc2s1. The highest BCUT2D eigenvalue weighted by atomic mass is 79.9. The predicted octanol–water partition coefficient (Wildman–Crippen LogP) is 3.88. The van der Waals surface area contributed by atoms with Crippen LogP contribution in [0.15, 0.2) is 45.5 Å². The zero-order valence-electron chi connectivity index (χ0n) is 13.1. The van der Waals surface area contributed by atoms with Gasteiger partial charge in [-0.2, -0.15) is 0 Å². The Balaban J connectivity index is 1.71. The molecule has 128 valence electrons. The second-order valence-electron chi connectivity index (χ2n) is 5.70. The number of hydrogen-bond donors (Lipinski definition) is 0. The van der Waals surface area contributed by atoms with E-state index in [1.165, 1.54) is 16.2 Å². The Morgan fingerprint density at radius 3 is 2.84 bits per heavy atom. The third kappa shape index (κ3) is 3.19. The Labute approximate surface area is 156 Å². The van der Waals surface area contributed by atoms with Crippen molar-refractivity contribution in [2.24, 2.45) is 0 Å². The molecular formula is C17H14BrN3O3S. The summed E-state index contributed by atoms with van der Waals surface area (Å²) in [5.41, 5.74) is 0.827. The summed E-state index contributed by atoms with van der Waals surface area (Å²) in [4.78, 5) is 32.7. The van der Waals surface area contributed by atoms with E-state index in [-0.39, 0.29) is 24.2 Å². The van der Waals surface area contributed by atoms with Crippen molar-refractivity contribution >= 4 is 54.4 Å². The number of benzene rings is 1. The maximum atomic E-state index is 13.0. The monoisotopic (exact) mass is 419 g/mol. The van der Waals surface area contributed by atoms with Gasteiger partial charge in [-0.15, -0.1) is 0 Å². The van der Waals surface area contributed by atoms with Crippen LogP contribution in [0, 0.1) is 0 Å². The van der Waals surface area contributed by atoms with E-state index in [9.17, 15) is 9.59 Å². The van der Waals surface area contributed by atoms with Crippen molar-refractivity contribution in [3.63, 3.8) is 0 Å². The number of nitrogens with zero attached hydrogens (tertiary/aromatic N) is 3. The smallest absolute Gasteiger partial charge is 0.297 e. The van der Waals surface area contributed by atoms with E-state index in [1.807, 2.05) is 24.3 Å². The minimum Gasteiger partial charge on any atom is -0.444 e. The number of thiazole rings is 1. The first-order valence-corrected chi connectivity index (χ1v) is 9.43. The molecule has 8 heteroatoms. The molecule has 6 nitrogen and oxygen atoms in total. The minimum absolute atomic E-state index is 0.0551. The number of furan rings is 1. The molecule has 1 aromatic carbocycles. The van der Waals surface area contributed by atoms with E-state index >= 15 is 0 Å². The molecular weight excluding hydrogens is 406 g/mol. The number of carbonyl (C=O) groups excluding carboxylic acids is 2. The first kappa shape index (κ1) is 16.3. The molecule has 3 aromatic rings. The van der Waals surface area contributed by atoms with Crippen LogP contribution in [-0.4, -0.2) is 34.9 Å². The number of anilines is 1. The van der Waals surface area contributed by atoms with Gasteiger partial charge in [0.2, 0.25) is 5.91 Å². The first-order chi connectivity index (χ1) is 12.1.